The molecular formula is C26H21N2O8-. The van der Waals surface area contributed by atoms with Gasteiger partial charge in [-0.15, -0.1) is 0 Å². The monoisotopic (exact) mass is 489 g/mol. The lowest BCUT2D eigenvalue weighted by Gasteiger charge is -2.13. The van der Waals surface area contributed by atoms with E-state index in [0.717, 1.165) is 4.90 Å². The minimum atomic E-state index is -1.35. The summed E-state index contributed by atoms with van der Waals surface area (Å²) in [5.74, 6) is -1.29. The zero-order chi connectivity index (χ0) is 25.7. The van der Waals surface area contributed by atoms with Crippen LogP contribution < -0.4 is 24.6 Å². The molecule has 0 radical (unpaired) electrons. The molecule has 0 spiro atoms. The van der Waals surface area contributed by atoms with Crippen molar-refractivity contribution in [1.29, 1.82) is 0 Å². The number of anilines is 1. The molecule has 10 nitrogen and oxygen atoms in total. The summed E-state index contributed by atoms with van der Waals surface area (Å²) in [6.45, 7) is -0.506. The Morgan fingerprint density at radius 2 is 1.61 bits per heavy atom. The van der Waals surface area contributed by atoms with E-state index in [-0.39, 0.29) is 24.3 Å². The minimum Gasteiger partial charge on any atom is -0.550 e. The SMILES string of the molecule is COc1ccccc1OCC(=O)Nc1cccc(Oc2ccc3c(c2)C(=O)N(CCC(=O)[O-])C3=O)c1. The second-order valence-electron chi connectivity index (χ2n) is 7.71. The van der Waals surface area contributed by atoms with Crippen molar-refractivity contribution in [2.24, 2.45) is 0 Å². The quantitative estimate of drug-likeness (QED) is 0.429. The van der Waals surface area contributed by atoms with E-state index >= 15 is 0 Å². The number of imide groups is 1. The first-order chi connectivity index (χ1) is 17.4. The van der Waals surface area contributed by atoms with E-state index in [4.69, 9.17) is 14.2 Å². The Balaban J connectivity index is 1.39. The van der Waals surface area contributed by atoms with Gasteiger partial charge in [-0.25, -0.2) is 0 Å². The Labute approximate surface area is 206 Å². The number of carbonyl (C=O) groups excluding carboxylic acids is 4. The Morgan fingerprint density at radius 3 is 2.36 bits per heavy atom. The lowest BCUT2D eigenvalue weighted by Crippen LogP contribution is -2.34. The van der Waals surface area contributed by atoms with E-state index in [1.807, 2.05) is 0 Å². The smallest absolute Gasteiger partial charge is 0.262 e. The number of carboxylic acid groups (broad SMARTS) is 1. The summed E-state index contributed by atoms with van der Waals surface area (Å²) in [5, 5.41) is 13.4. The number of aliphatic carboxylic acids is 1. The highest BCUT2D eigenvalue weighted by molar-refractivity contribution is 6.21. The third-order valence-corrected chi connectivity index (χ3v) is 5.26. The fourth-order valence-electron chi connectivity index (χ4n) is 3.59. The predicted octanol–water partition coefficient (Wildman–Crippen LogP) is 2.24. The maximum Gasteiger partial charge on any atom is 0.262 e. The lowest BCUT2D eigenvalue weighted by atomic mass is 10.1. The summed E-state index contributed by atoms with van der Waals surface area (Å²) < 4.78 is 16.5. The van der Waals surface area contributed by atoms with Crippen LogP contribution >= 0.6 is 0 Å². The van der Waals surface area contributed by atoms with E-state index in [1.165, 1.54) is 25.3 Å². The van der Waals surface area contributed by atoms with Crippen LogP contribution in [0.25, 0.3) is 0 Å². The number of hydrogen-bond donors (Lipinski definition) is 1. The van der Waals surface area contributed by atoms with Crippen LogP contribution in [0.5, 0.6) is 23.0 Å². The van der Waals surface area contributed by atoms with Gasteiger partial charge in [-0.3, -0.25) is 19.3 Å². The molecule has 184 valence electrons. The summed E-state index contributed by atoms with van der Waals surface area (Å²) >= 11 is 0. The van der Waals surface area contributed by atoms with Crippen molar-refractivity contribution in [1.82, 2.24) is 4.90 Å². The van der Waals surface area contributed by atoms with Gasteiger partial charge >= 0.3 is 0 Å². The zero-order valence-electron chi connectivity index (χ0n) is 19.2. The maximum absolute atomic E-state index is 12.6. The molecule has 1 heterocycles. The first-order valence-electron chi connectivity index (χ1n) is 10.9. The normalized spacial score (nSPS) is 12.2. The number of hydrogen-bond acceptors (Lipinski definition) is 8. The van der Waals surface area contributed by atoms with Gasteiger partial charge in [-0.1, -0.05) is 18.2 Å². The van der Waals surface area contributed by atoms with E-state index in [2.05, 4.69) is 5.32 Å². The van der Waals surface area contributed by atoms with Crippen molar-refractivity contribution in [3.8, 4) is 23.0 Å². The second kappa shape index (κ2) is 10.6. The first kappa shape index (κ1) is 24.3. The molecule has 10 heteroatoms. The molecule has 3 aromatic carbocycles. The fraction of sp³-hybridized carbons (Fsp3) is 0.154. The molecule has 1 aliphatic heterocycles. The summed E-state index contributed by atoms with van der Waals surface area (Å²) in [5.41, 5.74) is 0.748. The Bertz CT molecular complexity index is 1340. The highest BCUT2D eigenvalue weighted by Crippen LogP contribution is 2.30. The number of carboxylic acids is 1. The van der Waals surface area contributed by atoms with Crippen LogP contribution in [0.1, 0.15) is 27.1 Å². The van der Waals surface area contributed by atoms with Crippen LogP contribution in [-0.2, 0) is 9.59 Å². The van der Waals surface area contributed by atoms with E-state index < -0.39 is 30.1 Å². The standard InChI is InChI=1S/C26H22N2O8/c1-34-21-7-2-3-8-22(21)35-15-23(29)27-16-5-4-6-17(13-16)36-18-9-10-19-20(14-18)26(33)28(25(19)32)12-11-24(30)31/h2-10,13-14H,11-12,15H2,1H3,(H,27,29)(H,30,31)/p-1. The molecule has 3 aromatic rings. The summed E-state index contributed by atoms with van der Waals surface area (Å²) in [6.07, 6.45) is -0.447. The molecule has 0 fully saturated rings. The van der Waals surface area contributed by atoms with Crippen LogP contribution in [-0.4, -0.2) is 48.9 Å². The molecule has 0 unspecified atom stereocenters. The lowest BCUT2D eigenvalue weighted by molar-refractivity contribution is -0.305. The molecule has 0 saturated carbocycles. The molecule has 3 amide bonds. The van der Waals surface area contributed by atoms with Gasteiger partial charge in [0.1, 0.15) is 11.5 Å². The van der Waals surface area contributed by atoms with Crippen LogP contribution in [0.4, 0.5) is 5.69 Å². The van der Waals surface area contributed by atoms with Crippen LogP contribution in [0, 0.1) is 0 Å². The number of rotatable bonds is 10. The number of benzene rings is 3. The van der Waals surface area contributed by atoms with Crippen LogP contribution in [0.3, 0.4) is 0 Å². The van der Waals surface area contributed by atoms with Gasteiger partial charge in [0.05, 0.1) is 18.2 Å². The van der Waals surface area contributed by atoms with Gasteiger partial charge in [0.25, 0.3) is 17.7 Å². The first-order valence-corrected chi connectivity index (χ1v) is 10.9. The molecule has 1 aliphatic rings. The number of amides is 3. The molecule has 0 aromatic heterocycles. The van der Waals surface area contributed by atoms with Gasteiger partial charge in [-0.05, 0) is 42.5 Å². The molecule has 0 saturated heterocycles. The van der Waals surface area contributed by atoms with Gasteiger partial charge in [0.2, 0.25) is 0 Å². The zero-order valence-corrected chi connectivity index (χ0v) is 19.2. The topological polar surface area (TPSA) is 134 Å². The van der Waals surface area contributed by atoms with Crippen molar-refractivity contribution in [2.45, 2.75) is 6.42 Å². The number of nitrogens with zero attached hydrogens (tertiary/aromatic N) is 1. The Hall–Kier alpha value is -4.86. The molecule has 1 N–H and O–H groups in total. The van der Waals surface area contributed by atoms with E-state index in [9.17, 15) is 24.3 Å². The predicted molar refractivity (Wildman–Crippen MR) is 125 cm³/mol. The third kappa shape index (κ3) is 5.44. The minimum absolute atomic E-state index is 0.119. The van der Waals surface area contributed by atoms with Crippen molar-refractivity contribution in [3.63, 3.8) is 0 Å². The average molecular weight is 489 g/mol. The van der Waals surface area contributed by atoms with Gasteiger partial charge < -0.3 is 29.4 Å². The van der Waals surface area contributed by atoms with E-state index in [0.29, 0.717) is 28.7 Å². The number of carbonyl (C=O) groups is 4. The summed E-state index contributed by atoms with van der Waals surface area (Å²) in [4.78, 5) is 48.9. The van der Waals surface area contributed by atoms with Gasteiger partial charge in [0.15, 0.2) is 18.1 Å². The molecule has 0 aliphatic carbocycles. The number of nitrogens with one attached hydrogen (secondary N) is 1. The molecular weight excluding hydrogens is 468 g/mol. The van der Waals surface area contributed by atoms with Crippen LogP contribution in [0.2, 0.25) is 0 Å². The van der Waals surface area contributed by atoms with E-state index in [1.54, 1.807) is 48.5 Å². The van der Waals surface area contributed by atoms with Crippen molar-refractivity contribution >= 4 is 29.4 Å². The molecule has 0 bridgehead atoms. The Morgan fingerprint density at radius 1 is 0.889 bits per heavy atom. The number of para-hydroxylation sites is 2. The summed E-state index contributed by atoms with van der Waals surface area (Å²) in [6, 6.07) is 18.0. The highest BCUT2D eigenvalue weighted by atomic mass is 16.5. The fourth-order valence-corrected chi connectivity index (χ4v) is 3.59. The third-order valence-electron chi connectivity index (χ3n) is 5.26. The molecule has 0 atom stereocenters. The average Bonchev–Trinajstić information content (AvgIpc) is 3.10. The largest absolute Gasteiger partial charge is 0.550 e. The second-order valence-corrected chi connectivity index (χ2v) is 7.71. The number of fused-ring (bicyclic) bond motifs is 1. The maximum atomic E-state index is 12.6. The van der Waals surface area contributed by atoms with Crippen molar-refractivity contribution in [3.05, 3.63) is 77.9 Å². The Kier molecular flexibility index (Phi) is 7.15. The number of ether oxygens (including phenoxy) is 3. The summed E-state index contributed by atoms with van der Waals surface area (Å²) in [7, 11) is 1.51. The highest BCUT2D eigenvalue weighted by Gasteiger charge is 2.35. The van der Waals surface area contributed by atoms with Gasteiger partial charge in [-0.2, -0.15) is 0 Å². The molecule has 36 heavy (non-hydrogen) atoms. The van der Waals surface area contributed by atoms with Gasteiger partial charge in [0, 0.05) is 30.7 Å². The van der Waals surface area contributed by atoms with Crippen molar-refractivity contribution < 1.29 is 38.5 Å². The van der Waals surface area contributed by atoms with Crippen molar-refractivity contribution in [2.75, 3.05) is 25.6 Å². The van der Waals surface area contributed by atoms with Crippen LogP contribution in [0.15, 0.2) is 66.7 Å². The molecule has 4 rings (SSSR count). The number of methoxy groups -OCH3 is 1.